The van der Waals surface area contributed by atoms with Crippen LogP contribution in [0.1, 0.15) is 31.3 Å². The molecule has 5 heteroatoms. The summed E-state index contributed by atoms with van der Waals surface area (Å²) in [5.41, 5.74) is 0.612. The first kappa shape index (κ1) is 15.1. The summed E-state index contributed by atoms with van der Waals surface area (Å²) in [6, 6.07) is 8.90. The zero-order chi connectivity index (χ0) is 15.4. The van der Waals surface area contributed by atoms with Crippen LogP contribution in [0, 0.1) is 5.92 Å². The van der Waals surface area contributed by atoms with Gasteiger partial charge < -0.3 is 14.5 Å². The topological polar surface area (TPSA) is 68.5 Å². The number of para-hydroxylation sites is 1. The lowest BCUT2D eigenvalue weighted by Gasteiger charge is -2.13. The summed E-state index contributed by atoms with van der Waals surface area (Å²) in [6.07, 6.45) is -0.857. The van der Waals surface area contributed by atoms with E-state index in [2.05, 4.69) is 5.32 Å². The van der Waals surface area contributed by atoms with Crippen LogP contribution in [0.25, 0.3) is 11.0 Å². The van der Waals surface area contributed by atoms with Gasteiger partial charge in [0.2, 0.25) is 5.76 Å². The lowest BCUT2D eigenvalue weighted by molar-refractivity contribution is -0.129. The lowest BCUT2D eigenvalue weighted by atomic mass is 10.2. The van der Waals surface area contributed by atoms with E-state index >= 15 is 0 Å². The Morgan fingerprint density at radius 2 is 1.95 bits per heavy atom. The molecule has 21 heavy (non-hydrogen) atoms. The molecule has 0 aliphatic carbocycles. The Bertz CT molecular complexity index is 612. The normalized spacial score (nSPS) is 12.4. The van der Waals surface area contributed by atoms with E-state index in [1.807, 2.05) is 32.0 Å². The average molecular weight is 289 g/mol. The molecule has 112 valence electrons. The number of benzene rings is 1. The molecule has 0 fully saturated rings. The predicted octanol–water partition coefficient (Wildman–Crippen LogP) is 2.75. The van der Waals surface area contributed by atoms with E-state index in [0.29, 0.717) is 18.0 Å². The number of rotatable bonds is 5. The largest absolute Gasteiger partial charge is 0.449 e. The van der Waals surface area contributed by atoms with Crippen molar-refractivity contribution in [2.24, 2.45) is 5.92 Å². The van der Waals surface area contributed by atoms with E-state index in [1.165, 1.54) is 6.92 Å². The summed E-state index contributed by atoms with van der Waals surface area (Å²) in [4.78, 5) is 23.7. The van der Waals surface area contributed by atoms with Crippen LogP contribution in [0.3, 0.4) is 0 Å². The number of esters is 1. The molecule has 0 aliphatic heterocycles. The van der Waals surface area contributed by atoms with Crippen LogP contribution in [-0.2, 0) is 9.53 Å². The zero-order valence-electron chi connectivity index (χ0n) is 12.4. The van der Waals surface area contributed by atoms with Crippen molar-refractivity contribution in [2.75, 3.05) is 6.54 Å². The molecule has 0 spiro atoms. The van der Waals surface area contributed by atoms with E-state index in [9.17, 15) is 9.59 Å². The van der Waals surface area contributed by atoms with Crippen LogP contribution in [-0.4, -0.2) is 24.5 Å². The van der Waals surface area contributed by atoms with Gasteiger partial charge in [-0.3, -0.25) is 4.79 Å². The predicted molar refractivity (Wildman–Crippen MR) is 78.9 cm³/mol. The molecular formula is C16H19NO4. The quantitative estimate of drug-likeness (QED) is 0.859. The van der Waals surface area contributed by atoms with Crippen molar-refractivity contribution >= 4 is 22.8 Å². The van der Waals surface area contributed by atoms with Crippen molar-refractivity contribution in [3.63, 3.8) is 0 Å². The van der Waals surface area contributed by atoms with Gasteiger partial charge in [0.05, 0.1) is 0 Å². The molecule has 2 aromatic rings. The summed E-state index contributed by atoms with van der Waals surface area (Å²) in [5.74, 6) is -0.515. The van der Waals surface area contributed by atoms with Crippen molar-refractivity contribution in [1.82, 2.24) is 5.32 Å². The van der Waals surface area contributed by atoms with Crippen LogP contribution in [0.2, 0.25) is 0 Å². The van der Waals surface area contributed by atoms with Gasteiger partial charge in [-0.2, -0.15) is 0 Å². The number of furan rings is 1. The number of amides is 1. The summed E-state index contributed by atoms with van der Waals surface area (Å²) >= 11 is 0. The van der Waals surface area contributed by atoms with Gasteiger partial charge in [-0.05, 0) is 25.0 Å². The lowest BCUT2D eigenvalue weighted by Crippen LogP contribution is -2.37. The maximum Gasteiger partial charge on any atom is 0.375 e. The fraction of sp³-hybridized carbons (Fsp3) is 0.375. The van der Waals surface area contributed by atoms with E-state index in [0.717, 1.165) is 5.39 Å². The second-order valence-corrected chi connectivity index (χ2v) is 5.34. The molecule has 1 unspecified atom stereocenters. The van der Waals surface area contributed by atoms with E-state index in [-0.39, 0.29) is 11.7 Å². The third kappa shape index (κ3) is 3.84. The smallest absolute Gasteiger partial charge is 0.375 e. The number of nitrogens with one attached hydrogen (secondary N) is 1. The standard InChI is InChI=1S/C16H19NO4/c1-10(2)9-17-15(18)11(3)20-16(19)14-8-12-6-4-5-7-13(12)21-14/h4-8,10-11H,9H2,1-3H3,(H,17,18). The molecule has 1 heterocycles. The minimum Gasteiger partial charge on any atom is -0.449 e. The third-order valence-corrected chi connectivity index (χ3v) is 2.96. The first-order chi connectivity index (χ1) is 9.97. The first-order valence-corrected chi connectivity index (χ1v) is 6.94. The molecule has 1 aromatic heterocycles. The zero-order valence-corrected chi connectivity index (χ0v) is 12.4. The number of ether oxygens (including phenoxy) is 1. The van der Waals surface area contributed by atoms with Crippen molar-refractivity contribution in [1.29, 1.82) is 0 Å². The second kappa shape index (κ2) is 6.43. The van der Waals surface area contributed by atoms with Gasteiger partial charge in [0.25, 0.3) is 5.91 Å². The van der Waals surface area contributed by atoms with Crippen molar-refractivity contribution in [3.05, 3.63) is 36.1 Å². The van der Waals surface area contributed by atoms with Gasteiger partial charge in [-0.1, -0.05) is 32.0 Å². The molecule has 0 radical (unpaired) electrons. The minimum atomic E-state index is -0.857. The molecule has 0 aliphatic rings. The highest BCUT2D eigenvalue weighted by Gasteiger charge is 2.21. The van der Waals surface area contributed by atoms with Crippen molar-refractivity contribution in [2.45, 2.75) is 26.9 Å². The fourth-order valence-corrected chi connectivity index (χ4v) is 1.80. The number of fused-ring (bicyclic) bond motifs is 1. The Morgan fingerprint density at radius 3 is 2.62 bits per heavy atom. The summed E-state index contributed by atoms with van der Waals surface area (Å²) in [5, 5.41) is 3.54. The van der Waals surface area contributed by atoms with Crippen LogP contribution in [0.4, 0.5) is 0 Å². The summed E-state index contributed by atoms with van der Waals surface area (Å²) < 4.78 is 10.5. The number of carbonyl (C=O) groups excluding carboxylic acids is 2. The molecule has 2 rings (SSSR count). The molecule has 5 nitrogen and oxygen atoms in total. The van der Waals surface area contributed by atoms with Crippen molar-refractivity contribution in [3.8, 4) is 0 Å². The molecule has 1 N–H and O–H groups in total. The number of carbonyl (C=O) groups is 2. The van der Waals surface area contributed by atoms with Crippen LogP contribution < -0.4 is 5.32 Å². The van der Waals surface area contributed by atoms with Gasteiger partial charge in [0, 0.05) is 11.9 Å². The summed E-state index contributed by atoms with van der Waals surface area (Å²) in [6.45, 7) is 6.07. The highest BCUT2D eigenvalue weighted by atomic mass is 16.6. The molecule has 0 bridgehead atoms. The maximum absolute atomic E-state index is 12.0. The van der Waals surface area contributed by atoms with Crippen LogP contribution in [0.15, 0.2) is 34.7 Å². The van der Waals surface area contributed by atoms with Crippen LogP contribution >= 0.6 is 0 Å². The van der Waals surface area contributed by atoms with Gasteiger partial charge in [-0.15, -0.1) is 0 Å². The molecular weight excluding hydrogens is 270 g/mol. The molecule has 1 atom stereocenters. The van der Waals surface area contributed by atoms with Gasteiger partial charge in [0.1, 0.15) is 5.58 Å². The second-order valence-electron chi connectivity index (χ2n) is 5.34. The molecule has 1 aromatic carbocycles. The molecule has 0 saturated heterocycles. The maximum atomic E-state index is 12.0. The van der Waals surface area contributed by atoms with Gasteiger partial charge in [0.15, 0.2) is 6.10 Å². The van der Waals surface area contributed by atoms with Crippen molar-refractivity contribution < 1.29 is 18.7 Å². The van der Waals surface area contributed by atoms with E-state index in [1.54, 1.807) is 12.1 Å². The summed E-state index contributed by atoms with van der Waals surface area (Å²) in [7, 11) is 0. The van der Waals surface area contributed by atoms with Crippen LogP contribution in [0.5, 0.6) is 0 Å². The Kier molecular flexibility index (Phi) is 4.62. The van der Waals surface area contributed by atoms with Gasteiger partial charge in [-0.25, -0.2) is 4.79 Å². The number of hydrogen-bond acceptors (Lipinski definition) is 4. The monoisotopic (exact) mass is 289 g/mol. The average Bonchev–Trinajstić information content (AvgIpc) is 2.88. The number of hydrogen-bond donors (Lipinski definition) is 1. The van der Waals surface area contributed by atoms with E-state index < -0.39 is 12.1 Å². The third-order valence-electron chi connectivity index (χ3n) is 2.96. The Balaban J connectivity index is 1.98. The Hall–Kier alpha value is -2.30. The Morgan fingerprint density at radius 1 is 1.24 bits per heavy atom. The minimum absolute atomic E-state index is 0.0970. The molecule has 1 amide bonds. The highest BCUT2D eigenvalue weighted by Crippen LogP contribution is 2.19. The van der Waals surface area contributed by atoms with E-state index in [4.69, 9.17) is 9.15 Å². The van der Waals surface area contributed by atoms with Gasteiger partial charge >= 0.3 is 5.97 Å². The molecule has 0 saturated carbocycles. The SMILES string of the molecule is CC(C)CNC(=O)C(C)OC(=O)c1cc2ccccc2o1. The highest BCUT2D eigenvalue weighted by molar-refractivity contribution is 5.94. The Labute approximate surface area is 123 Å². The fourth-order valence-electron chi connectivity index (χ4n) is 1.80. The first-order valence-electron chi connectivity index (χ1n) is 6.94.